The maximum atomic E-state index is 13.1. The van der Waals surface area contributed by atoms with E-state index in [0.29, 0.717) is 0 Å². The molecule has 0 bridgehead atoms. The SMILES string of the molecule is O=C(Cc1csc(-c2ccc(F)cc2)n1)NC1CCN(Cc2ccccc2)CC1. The molecule has 1 fully saturated rings. The number of hydrogen-bond acceptors (Lipinski definition) is 4. The highest BCUT2D eigenvalue weighted by molar-refractivity contribution is 7.13. The van der Waals surface area contributed by atoms with Crippen LogP contribution in [0.3, 0.4) is 0 Å². The number of carbonyl (C=O) groups excluding carboxylic acids is 1. The second kappa shape index (κ2) is 9.29. The summed E-state index contributed by atoms with van der Waals surface area (Å²) in [5, 5.41) is 5.87. The van der Waals surface area contributed by atoms with E-state index in [9.17, 15) is 9.18 Å². The Morgan fingerprint density at radius 2 is 1.83 bits per heavy atom. The van der Waals surface area contributed by atoms with Gasteiger partial charge in [-0.3, -0.25) is 9.69 Å². The van der Waals surface area contributed by atoms with E-state index in [2.05, 4.69) is 39.5 Å². The van der Waals surface area contributed by atoms with Crippen LogP contribution in [0.15, 0.2) is 60.0 Å². The van der Waals surface area contributed by atoms with E-state index in [1.807, 2.05) is 11.4 Å². The molecule has 0 aliphatic carbocycles. The Kier molecular flexibility index (Phi) is 6.32. The summed E-state index contributed by atoms with van der Waals surface area (Å²) in [6.07, 6.45) is 2.22. The van der Waals surface area contributed by atoms with Crippen molar-refractivity contribution in [1.29, 1.82) is 0 Å². The van der Waals surface area contributed by atoms with Gasteiger partial charge in [-0.1, -0.05) is 30.3 Å². The number of aromatic nitrogens is 1. The topological polar surface area (TPSA) is 45.2 Å². The third-order valence-electron chi connectivity index (χ3n) is 5.19. The van der Waals surface area contributed by atoms with Crippen molar-refractivity contribution in [3.05, 3.63) is 77.1 Å². The molecule has 0 unspecified atom stereocenters. The molecule has 0 radical (unpaired) electrons. The van der Waals surface area contributed by atoms with Crippen molar-refractivity contribution in [2.75, 3.05) is 13.1 Å². The maximum absolute atomic E-state index is 13.1. The number of benzene rings is 2. The smallest absolute Gasteiger partial charge is 0.226 e. The average Bonchev–Trinajstić information content (AvgIpc) is 3.19. The van der Waals surface area contributed by atoms with Gasteiger partial charge in [-0.2, -0.15) is 0 Å². The molecule has 1 aliphatic rings. The molecule has 2 heterocycles. The minimum Gasteiger partial charge on any atom is -0.353 e. The lowest BCUT2D eigenvalue weighted by Crippen LogP contribution is -2.44. The highest BCUT2D eigenvalue weighted by Crippen LogP contribution is 2.24. The Labute approximate surface area is 174 Å². The highest BCUT2D eigenvalue weighted by atomic mass is 32.1. The fourth-order valence-electron chi connectivity index (χ4n) is 3.63. The van der Waals surface area contributed by atoms with E-state index < -0.39 is 0 Å². The van der Waals surface area contributed by atoms with E-state index in [-0.39, 0.29) is 24.2 Å². The number of amides is 1. The zero-order valence-corrected chi connectivity index (χ0v) is 17.0. The molecule has 2 aromatic carbocycles. The standard InChI is InChI=1S/C23H24FN3OS/c24-19-8-6-18(7-9-19)23-26-21(16-29-23)14-22(28)25-20-10-12-27(13-11-20)15-17-4-2-1-3-5-17/h1-9,16,20H,10-15H2,(H,25,28). The van der Waals surface area contributed by atoms with Crippen LogP contribution < -0.4 is 5.32 Å². The van der Waals surface area contributed by atoms with Crippen molar-refractivity contribution in [2.45, 2.75) is 31.8 Å². The predicted octanol–water partition coefficient (Wildman–Crippen LogP) is 4.27. The Morgan fingerprint density at radius 1 is 1.10 bits per heavy atom. The zero-order chi connectivity index (χ0) is 20.1. The second-order valence-corrected chi connectivity index (χ2v) is 8.29. The molecule has 1 saturated heterocycles. The molecule has 3 aromatic rings. The van der Waals surface area contributed by atoms with E-state index in [1.54, 1.807) is 12.1 Å². The van der Waals surface area contributed by atoms with Crippen LogP contribution in [0.5, 0.6) is 0 Å². The first-order valence-corrected chi connectivity index (χ1v) is 10.8. The lowest BCUT2D eigenvalue weighted by atomic mass is 10.0. The van der Waals surface area contributed by atoms with Gasteiger partial charge >= 0.3 is 0 Å². The van der Waals surface area contributed by atoms with Gasteiger partial charge in [0.2, 0.25) is 5.91 Å². The molecule has 4 nitrogen and oxygen atoms in total. The summed E-state index contributed by atoms with van der Waals surface area (Å²) >= 11 is 1.48. The Balaban J connectivity index is 1.24. The Bertz CT molecular complexity index is 934. The van der Waals surface area contributed by atoms with Crippen LogP contribution >= 0.6 is 11.3 Å². The molecule has 4 rings (SSSR count). The summed E-state index contributed by atoms with van der Waals surface area (Å²) in [6.45, 7) is 2.95. The van der Waals surface area contributed by atoms with Gasteiger partial charge in [-0.25, -0.2) is 9.37 Å². The van der Waals surface area contributed by atoms with Crippen molar-refractivity contribution in [1.82, 2.24) is 15.2 Å². The molecule has 29 heavy (non-hydrogen) atoms. The van der Waals surface area contributed by atoms with Crippen molar-refractivity contribution in [2.24, 2.45) is 0 Å². The number of halogens is 1. The molecular weight excluding hydrogens is 385 g/mol. The van der Waals surface area contributed by atoms with E-state index in [4.69, 9.17) is 0 Å². The molecule has 1 aromatic heterocycles. The summed E-state index contributed by atoms with van der Waals surface area (Å²) in [6, 6.07) is 17.0. The fourth-order valence-corrected chi connectivity index (χ4v) is 4.46. The number of nitrogens with one attached hydrogen (secondary N) is 1. The quantitative estimate of drug-likeness (QED) is 0.661. The van der Waals surface area contributed by atoms with Gasteiger partial charge in [0.15, 0.2) is 0 Å². The number of piperidine rings is 1. The van der Waals surface area contributed by atoms with Gasteiger partial charge < -0.3 is 5.32 Å². The first-order valence-electron chi connectivity index (χ1n) is 9.92. The second-order valence-electron chi connectivity index (χ2n) is 7.43. The Morgan fingerprint density at radius 3 is 2.55 bits per heavy atom. The van der Waals surface area contributed by atoms with E-state index in [0.717, 1.165) is 48.7 Å². The summed E-state index contributed by atoms with van der Waals surface area (Å²) in [5.41, 5.74) is 2.96. The van der Waals surface area contributed by atoms with Gasteiger partial charge in [-0.05, 0) is 42.7 Å². The van der Waals surface area contributed by atoms with Crippen molar-refractivity contribution in [3.63, 3.8) is 0 Å². The summed E-state index contributed by atoms with van der Waals surface area (Å²) < 4.78 is 13.1. The van der Waals surface area contributed by atoms with Crippen molar-refractivity contribution >= 4 is 17.2 Å². The van der Waals surface area contributed by atoms with Gasteiger partial charge in [0.05, 0.1) is 12.1 Å². The van der Waals surface area contributed by atoms with Crippen LogP contribution in [0.2, 0.25) is 0 Å². The van der Waals surface area contributed by atoms with E-state index >= 15 is 0 Å². The lowest BCUT2D eigenvalue weighted by molar-refractivity contribution is -0.121. The maximum Gasteiger partial charge on any atom is 0.226 e. The summed E-state index contributed by atoms with van der Waals surface area (Å²) in [7, 11) is 0. The van der Waals surface area contributed by atoms with Gasteiger partial charge in [-0.15, -0.1) is 11.3 Å². The molecule has 0 atom stereocenters. The average molecular weight is 410 g/mol. The van der Waals surface area contributed by atoms with Crippen LogP contribution in [-0.2, 0) is 17.8 Å². The van der Waals surface area contributed by atoms with Gasteiger partial charge in [0, 0.05) is 36.6 Å². The van der Waals surface area contributed by atoms with Crippen molar-refractivity contribution in [3.8, 4) is 10.6 Å². The number of hydrogen-bond donors (Lipinski definition) is 1. The normalized spacial score (nSPS) is 15.3. The largest absolute Gasteiger partial charge is 0.353 e. The number of nitrogens with zero attached hydrogens (tertiary/aromatic N) is 2. The van der Waals surface area contributed by atoms with Crippen molar-refractivity contribution < 1.29 is 9.18 Å². The molecule has 6 heteroatoms. The lowest BCUT2D eigenvalue weighted by Gasteiger charge is -2.32. The minimum atomic E-state index is -0.264. The van der Waals surface area contributed by atoms with Gasteiger partial charge in [0.1, 0.15) is 10.8 Å². The first kappa shape index (κ1) is 19.7. The highest BCUT2D eigenvalue weighted by Gasteiger charge is 2.21. The first-order chi connectivity index (χ1) is 14.2. The number of likely N-dealkylation sites (tertiary alicyclic amines) is 1. The van der Waals surface area contributed by atoms with Crippen LogP contribution in [0.25, 0.3) is 10.6 Å². The Hall–Kier alpha value is -2.57. The fraction of sp³-hybridized carbons (Fsp3) is 0.304. The van der Waals surface area contributed by atoms with Crippen LogP contribution in [0, 0.1) is 5.82 Å². The molecular formula is C23H24FN3OS. The summed E-state index contributed by atoms with van der Waals surface area (Å²) in [4.78, 5) is 19.4. The molecule has 1 amide bonds. The van der Waals surface area contributed by atoms with Crippen LogP contribution in [0.4, 0.5) is 4.39 Å². The zero-order valence-electron chi connectivity index (χ0n) is 16.2. The van der Waals surface area contributed by atoms with Crippen LogP contribution in [-0.4, -0.2) is 34.9 Å². The molecule has 1 N–H and O–H groups in total. The third kappa shape index (κ3) is 5.49. The number of carbonyl (C=O) groups is 1. The van der Waals surface area contributed by atoms with Crippen LogP contribution in [0.1, 0.15) is 24.1 Å². The number of rotatable bonds is 6. The number of thiazole rings is 1. The van der Waals surface area contributed by atoms with E-state index in [1.165, 1.54) is 29.0 Å². The third-order valence-corrected chi connectivity index (χ3v) is 6.13. The monoisotopic (exact) mass is 409 g/mol. The minimum absolute atomic E-state index is 0.0162. The predicted molar refractivity (Wildman–Crippen MR) is 114 cm³/mol. The molecule has 0 saturated carbocycles. The molecule has 1 aliphatic heterocycles. The van der Waals surface area contributed by atoms with Gasteiger partial charge in [0.25, 0.3) is 0 Å². The summed E-state index contributed by atoms with van der Waals surface area (Å²) in [5.74, 6) is -0.248. The molecule has 0 spiro atoms. The molecule has 150 valence electrons.